The van der Waals surface area contributed by atoms with Crippen molar-refractivity contribution >= 4 is 0 Å². The number of halogens is 3. The van der Waals surface area contributed by atoms with Crippen LogP contribution in [-0.2, 0) is 12.7 Å². The van der Waals surface area contributed by atoms with E-state index in [9.17, 15) is 18.3 Å². The van der Waals surface area contributed by atoms with Gasteiger partial charge in [-0.1, -0.05) is 18.2 Å². The molecule has 0 saturated carbocycles. The Morgan fingerprint density at radius 1 is 1.30 bits per heavy atom. The Balaban J connectivity index is 1.72. The zero-order chi connectivity index (χ0) is 16.9. The second kappa shape index (κ2) is 8.13. The van der Waals surface area contributed by atoms with Gasteiger partial charge in [-0.3, -0.25) is 0 Å². The first-order valence-corrected chi connectivity index (χ1v) is 8.12. The first-order valence-electron chi connectivity index (χ1n) is 8.12. The maximum absolute atomic E-state index is 12.7. The first-order chi connectivity index (χ1) is 10.8. The molecule has 1 aromatic carbocycles. The number of piperidine rings is 1. The van der Waals surface area contributed by atoms with Crippen LogP contribution >= 0.6 is 0 Å². The molecular formula is C17H25F3N2O. The van der Waals surface area contributed by atoms with Gasteiger partial charge in [-0.15, -0.1) is 0 Å². The van der Waals surface area contributed by atoms with Gasteiger partial charge in [0.1, 0.15) is 0 Å². The van der Waals surface area contributed by atoms with Crippen LogP contribution in [0, 0.1) is 5.92 Å². The van der Waals surface area contributed by atoms with Gasteiger partial charge in [0.15, 0.2) is 0 Å². The molecule has 6 heteroatoms. The van der Waals surface area contributed by atoms with E-state index in [1.807, 2.05) is 0 Å². The third-order valence-corrected chi connectivity index (χ3v) is 4.25. The van der Waals surface area contributed by atoms with Crippen LogP contribution in [0.4, 0.5) is 13.2 Å². The van der Waals surface area contributed by atoms with Crippen LogP contribution in [0.25, 0.3) is 0 Å². The lowest BCUT2D eigenvalue weighted by Crippen LogP contribution is -2.40. The first kappa shape index (κ1) is 18.2. The molecule has 0 amide bonds. The number of aliphatic hydroxyl groups excluding tert-OH is 1. The molecule has 0 spiro atoms. The van der Waals surface area contributed by atoms with E-state index < -0.39 is 11.7 Å². The van der Waals surface area contributed by atoms with Crippen molar-refractivity contribution in [1.29, 1.82) is 0 Å². The minimum Gasteiger partial charge on any atom is -0.392 e. The van der Waals surface area contributed by atoms with E-state index >= 15 is 0 Å². The SMILES string of the molecule is C[C@@H](O)CN1CCC(CNCc2cccc(C(F)(F)F)c2)CC1. The van der Waals surface area contributed by atoms with Crippen molar-refractivity contribution in [2.75, 3.05) is 26.2 Å². The average Bonchev–Trinajstić information content (AvgIpc) is 2.48. The minimum absolute atomic E-state index is 0.300. The Hall–Kier alpha value is -1.11. The van der Waals surface area contributed by atoms with Gasteiger partial charge in [-0.05, 0) is 56.9 Å². The van der Waals surface area contributed by atoms with E-state index in [4.69, 9.17) is 0 Å². The van der Waals surface area contributed by atoms with Crippen LogP contribution in [-0.4, -0.2) is 42.3 Å². The molecule has 1 aliphatic rings. The van der Waals surface area contributed by atoms with Crippen molar-refractivity contribution in [1.82, 2.24) is 10.2 Å². The summed E-state index contributed by atoms with van der Waals surface area (Å²) in [5, 5.41) is 12.7. The molecule has 1 aliphatic heterocycles. The van der Waals surface area contributed by atoms with Gasteiger partial charge in [0.25, 0.3) is 0 Å². The zero-order valence-electron chi connectivity index (χ0n) is 13.4. The van der Waals surface area contributed by atoms with Gasteiger partial charge in [-0.2, -0.15) is 13.2 Å². The van der Waals surface area contributed by atoms with E-state index in [2.05, 4.69) is 10.2 Å². The number of aliphatic hydroxyl groups is 1. The highest BCUT2D eigenvalue weighted by Crippen LogP contribution is 2.29. The van der Waals surface area contributed by atoms with Crippen molar-refractivity contribution in [3.8, 4) is 0 Å². The summed E-state index contributed by atoms with van der Waals surface area (Å²) in [7, 11) is 0. The number of rotatable bonds is 6. The quantitative estimate of drug-likeness (QED) is 0.842. The fourth-order valence-electron chi connectivity index (χ4n) is 3.03. The van der Waals surface area contributed by atoms with E-state index in [0.717, 1.165) is 38.5 Å². The largest absolute Gasteiger partial charge is 0.416 e. The summed E-state index contributed by atoms with van der Waals surface area (Å²) in [5.74, 6) is 0.547. The lowest BCUT2D eigenvalue weighted by molar-refractivity contribution is -0.137. The lowest BCUT2D eigenvalue weighted by atomic mass is 9.96. The van der Waals surface area contributed by atoms with Crippen molar-refractivity contribution < 1.29 is 18.3 Å². The van der Waals surface area contributed by atoms with Crippen LogP contribution < -0.4 is 5.32 Å². The molecular weight excluding hydrogens is 305 g/mol. The van der Waals surface area contributed by atoms with Crippen LogP contribution in [0.1, 0.15) is 30.9 Å². The Kier molecular flexibility index (Phi) is 6.44. The predicted molar refractivity (Wildman–Crippen MR) is 84.0 cm³/mol. The molecule has 1 atom stereocenters. The lowest BCUT2D eigenvalue weighted by Gasteiger charge is -2.32. The van der Waals surface area contributed by atoms with Crippen molar-refractivity contribution in [3.63, 3.8) is 0 Å². The normalized spacial score (nSPS) is 19.0. The third-order valence-electron chi connectivity index (χ3n) is 4.25. The second-order valence-corrected chi connectivity index (χ2v) is 6.42. The molecule has 1 aromatic rings. The van der Waals surface area contributed by atoms with Crippen LogP contribution in [0.5, 0.6) is 0 Å². The Labute approximate surface area is 135 Å². The van der Waals surface area contributed by atoms with Gasteiger partial charge in [0.2, 0.25) is 0 Å². The smallest absolute Gasteiger partial charge is 0.392 e. The Bertz CT molecular complexity index is 483. The summed E-state index contributed by atoms with van der Waals surface area (Å²) in [5.41, 5.74) is 0.0644. The van der Waals surface area contributed by atoms with Crippen molar-refractivity contribution in [3.05, 3.63) is 35.4 Å². The number of benzene rings is 1. The Morgan fingerprint density at radius 3 is 2.61 bits per heavy atom. The number of hydrogen-bond acceptors (Lipinski definition) is 3. The summed E-state index contributed by atoms with van der Waals surface area (Å²) in [6.45, 7) is 5.73. The molecule has 2 N–H and O–H groups in total. The van der Waals surface area contributed by atoms with E-state index in [-0.39, 0.29) is 6.10 Å². The number of alkyl halides is 3. The molecule has 0 bridgehead atoms. The summed E-state index contributed by atoms with van der Waals surface area (Å²) in [4.78, 5) is 2.26. The number of nitrogens with zero attached hydrogens (tertiary/aromatic N) is 1. The van der Waals surface area contributed by atoms with E-state index in [1.165, 1.54) is 12.1 Å². The fourth-order valence-corrected chi connectivity index (χ4v) is 3.03. The van der Waals surface area contributed by atoms with Crippen molar-refractivity contribution in [2.45, 2.75) is 38.6 Å². The molecule has 130 valence electrons. The maximum atomic E-state index is 12.7. The van der Waals surface area contributed by atoms with Crippen molar-refractivity contribution in [2.24, 2.45) is 5.92 Å². The standard InChI is InChI=1S/C17H25F3N2O/c1-13(23)12-22-7-5-14(6-8-22)10-21-11-15-3-2-4-16(9-15)17(18,19)20/h2-4,9,13-14,21,23H,5-8,10-12H2,1H3/t13-/m1/s1. The molecule has 0 unspecified atom stereocenters. The van der Waals surface area contributed by atoms with Gasteiger partial charge < -0.3 is 15.3 Å². The molecule has 1 heterocycles. The summed E-state index contributed by atoms with van der Waals surface area (Å²) < 4.78 is 38.0. The van der Waals surface area contributed by atoms with Gasteiger partial charge in [0, 0.05) is 13.1 Å². The molecule has 0 aliphatic carbocycles. The molecule has 3 nitrogen and oxygen atoms in total. The van der Waals surface area contributed by atoms with Gasteiger partial charge in [-0.25, -0.2) is 0 Å². The fraction of sp³-hybridized carbons (Fsp3) is 0.647. The highest BCUT2D eigenvalue weighted by molar-refractivity contribution is 5.25. The molecule has 2 rings (SSSR count). The van der Waals surface area contributed by atoms with Crippen LogP contribution in [0.3, 0.4) is 0 Å². The summed E-state index contributed by atoms with van der Waals surface area (Å²) in [6, 6.07) is 5.47. The molecule has 0 radical (unpaired) electrons. The number of likely N-dealkylation sites (tertiary alicyclic amines) is 1. The maximum Gasteiger partial charge on any atom is 0.416 e. The molecule has 23 heavy (non-hydrogen) atoms. The highest BCUT2D eigenvalue weighted by atomic mass is 19.4. The van der Waals surface area contributed by atoms with Crippen LogP contribution in [0.15, 0.2) is 24.3 Å². The Morgan fingerprint density at radius 2 is 2.00 bits per heavy atom. The second-order valence-electron chi connectivity index (χ2n) is 6.42. The molecule has 1 fully saturated rings. The number of β-amino-alcohol motifs (C(OH)–C–C–N with tert-alkyl or cyclic N) is 1. The highest BCUT2D eigenvalue weighted by Gasteiger charge is 2.30. The number of nitrogens with one attached hydrogen (secondary N) is 1. The van der Waals surface area contributed by atoms with E-state index in [0.29, 0.717) is 24.6 Å². The molecule has 0 aromatic heterocycles. The average molecular weight is 330 g/mol. The zero-order valence-corrected chi connectivity index (χ0v) is 13.4. The van der Waals surface area contributed by atoms with Gasteiger partial charge >= 0.3 is 6.18 Å². The summed E-state index contributed by atoms with van der Waals surface area (Å²) in [6.07, 6.45) is -2.47. The third kappa shape index (κ3) is 6.12. The summed E-state index contributed by atoms with van der Waals surface area (Å²) >= 11 is 0. The van der Waals surface area contributed by atoms with E-state index in [1.54, 1.807) is 13.0 Å². The predicted octanol–water partition coefficient (Wildman–Crippen LogP) is 2.89. The number of hydrogen-bond donors (Lipinski definition) is 2. The topological polar surface area (TPSA) is 35.5 Å². The minimum atomic E-state index is -4.29. The van der Waals surface area contributed by atoms with Crippen LogP contribution in [0.2, 0.25) is 0 Å². The molecule has 1 saturated heterocycles. The monoisotopic (exact) mass is 330 g/mol. The van der Waals surface area contributed by atoms with Gasteiger partial charge in [0.05, 0.1) is 11.7 Å².